The van der Waals surface area contributed by atoms with E-state index in [4.69, 9.17) is 9.47 Å². The lowest BCUT2D eigenvalue weighted by Gasteiger charge is -2.15. The Kier molecular flexibility index (Phi) is 5.90. The number of ether oxygens (including phenoxy) is 2. The molecule has 7 heteroatoms. The van der Waals surface area contributed by atoms with Gasteiger partial charge in [0.2, 0.25) is 0 Å². The van der Waals surface area contributed by atoms with Gasteiger partial charge in [-0.05, 0) is 36.8 Å². The average Bonchev–Trinajstić information content (AvgIpc) is 2.53. The molecule has 0 spiro atoms. The van der Waals surface area contributed by atoms with Crippen LogP contribution >= 0.6 is 15.9 Å². The molecule has 5 nitrogen and oxygen atoms in total. The van der Waals surface area contributed by atoms with E-state index in [1.807, 2.05) is 6.92 Å². The fourth-order valence-electron chi connectivity index (χ4n) is 1.95. The topological polar surface area (TPSA) is 64.6 Å². The summed E-state index contributed by atoms with van der Waals surface area (Å²) in [6, 6.07) is 11.7. The average molecular weight is 400 g/mol. The number of sulfonamides is 1. The Morgan fingerprint density at radius 2 is 1.87 bits per heavy atom. The first kappa shape index (κ1) is 17.6. The van der Waals surface area contributed by atoms with Gasteiger partial charge in [0.1, 0.15) is 16.4 Å². The summed E-state index contributed by atoms with van der Waals surface area (Å²) in [5, 5.41) is 0. The Labute approximate surface area is 144 Å². The molecular formula is C16H18BrNO4S. The molecule has 2 rings (SSSR count). The van der Waals surface area contributed by atoms with Crippen molar-refractivity contribution in [1.29, 1.82) is 0 Å². The minimum Gasteiger partial charge on any atom is -0.495 e. The number of para-hydroxylation sites is 2. The van der Waals surface area contributed by atoms with Crippen LogP contribution in [0.2, 0.25) is 0 Å². The second-order valence-corrected chi connectivity index (χ2v) is 7.31. The highest BCUT2D eigenvalue weighted by Gasteiger charge is 2.21. The van der Waals surface area contributed by atoms with Gasteiger partial charge in [-0.3, -0.25) is 4.72 Å². The molecule has 124 valence electrons. The number of rotatable bonds is 7. The van der Waals surface area contributed by atoms with Crippen molar-refractivity contribution in [2.75, 3.05) is 18.4 Å². The quantitative estimate of drug-likeness (QED) is 0.762. The van der Waals surface area contributed by atoms with Gasteiger partial charge in [0.05, 0.1) is 19.4 Å². The zero-order valence-corrected chi connectivity index (χ0v) is 15.3. The maximum Gasteiger partial charge on any atom is 0.265 e. The molecule has 1 N–H and O–H groups in total. The number of anilines is 1. The molecule has 0 bridgehead atoms. The lowest BCUT2D eigenvalue weighted by molar-refractivity contribution is 0.319. The number of halogens is 1. The normalized spacial score (nSPS) is 11.1. The van der Waals surface area contributed by atoms with Gasteiger partial charge in [-0.2, -0.15) is 0 Å². The number of methoxy groups -OCH3 is 1. The van der Waals surface area contributed by atoms with E-state index in [1.165, 1.54) is 13.2 Å². The number of hydrogen-bond acceptors (Lipinski definition) is 4. The monoisotopic (exact) mass is 399 g/mol. The lowest BCUT2D eigenvalue weighted by atomic mass is 10.3. The Morgan fingerprint density at radius 1 is 1.13 bits per heavy atom. The highest BCUT2D eigenvalue weighted by molar-refractivity contribution is 9.10. The summed E-state index contributed by atoms with van der Waals surface area (Å²) >= 11 is 3.28. The SMILES string of the molecule is CCCOc1ccccc1NS(=O)(=O)c1cc(Br)ccc1OC. The predicted octanol–water partition coefficient (Wildman–Crippen LogP) is 4.05. The van der Waals surface area contributed by atoms with Crippen LogP contribution in [0.25, 0.3) is 0 Å². The molecule has 0 unspecified atom stereocenters. The van der Waals surface area contributed by atoms with Crippen molar-refractivity contribution in [3.63, 3.8) is 0 Å². The van der Waals surface area contributed by atoms with E-state index in [9.17, 15) is 8.42 Å². The third kappa shape index (κ3) is 4.39. The van der Waals surface area contributed by atoms with Gasteiger partial charge >= 0.3 is 0 Å². The molecule has 2 aromatic carbocycles. The van der Waals surface area contributed by atoms with Crippen molar-refractivity contribution < 1.29 is 17.9 Å². The van der Waals surface area contributed by atoms with Gasteiger partial charge < -0.3 is 9.47 Å². The van der Waals surface area contributed by atoms with Crippen molar-refractivity contribution in [2.45, 2.75) is 18.2 Å². The molecule has 2 aromatic rings. The largest absolute Gasteiger partial charge is 0.495 e. The van der Waals surface area contributed by atoms with E-state index >= 15 is 0 Å². The summed E-state index contributed by atoms with van der Waals surface area (Å²) in [6.45, 7) is 2.50. The van der Waals surface area contributed by atoms with Gasteiger partial charge in [-0.15, -0.1) is 0 Å². The minimum atomic E-state index is -3.81. The second kappa shape index (κ2) is 7.70. The Bertz CT molecular complexity index is 777. The molecular weight excluding hydrogens is 382 g/mol. The van der Waals surface area contributed by atoms with Crippen molar-refractivity contribution >= 4 is 31.6 Å². The molecule has 0 saturated carbocycles. The Morgan fingerprint density at radius 3 is 2.57 bits per heavy atom. The molecule has 23 heavy (non-hydrogen) atoms. The summed E-state index contributed by atoms with van der Waals surface area (Å²) in [6.07, 6.45) is 0.834. The zero-order valence-electron chi connectivity index (χ0n) is 12.9. The molecule has 0 aliphatic rings. The van der Waals surface area contributed by atoms with Crippen LogP contribution in [0.5, 0.6) is 11.5 Å². The summed E-state index contributed by atoms with van der Waals surface area (Å²) in [5.41, 5.74) is 0.392. The Balaban J connectivity index is 2.38. The highest BCUT2D eigenvalue weighted by Crippen LogP contribution is 2.31. The van der Waals surface area contributed by atoms with E-state index in [1.54, 1.807) is 36.4 Å². The first-order valence-corrected chi connectivity index (χ1v) is 9.33. The highest BCUT2D eigenvalue weighted by atomic mass is 79.9. The van der Waals surface area contributed by atoms with E-state index in [0.717, 1.165) is 6.42 Å². The van der Waals surface area contributed by atoms with E-state index < -0.39 is 10.0 Å². The molecule has 0 aliphatic carbocycles. The molecule has 0 aromatic heterocycles. The second-order valence-electron chi connectivity index (χ2n) is 4.75. The standard InChI is InChI=1S/C16H18BrNO4S/c1-3-10-22-14-7-5-4-6-13(14)18-23(19,20)16-11-12(17)8-9-15(16)21-2/h4-9,11,18H,3,10H2,1-2H3. The van der Waals surface area contributed by atoms with Crippen molar-refractivity contribution in [3.8, 4) is 11.5 Å². The van der Waals surface area contributed by atoms with E-state index in [0.29, 0.717) is 22.5 Å². The van der Waals surface area contributed by atoms with Crippen LogP contribution in [0.1, 0.15) is 13.3 Å². The van der Waals surface area contributed by atoms with Gasteiger partial charge in [-0.25, -0.2) is 8.42 Å². The smallest absolute Gasteiger partial charge is 0.265 e. The van der Waals surface area contributed by atoms with Crippen molar-refractivity contribution in [1.82, 2.24) is 0 Å². The van der Waals surface area contributed by atoms with Gasteiger partial charge in [-0.1, -0.05) is 35.0 Å². The van der Waals surface area contributed by atoms with Gasteiger partial charge in [0.25, 0.3) is 10.0 Å². The zero-order chi connectivity index (χ0) is 16.9. The third-order valence-corrected chi connectivity index (χ3v) is 4.89. The molecule has 0 saturated heterocycles. The molecule has 0 aliphatic heterocycles. The van der Waals surface area contributed by atoms with Crippen molar-refractivity contribution in [3.05, 3.63) is 46.9 Å². The van der Waals surface area contributed by atoms with Crippen LogP contribution in [0.4, 0.5) is 5.69 Å². The Hall–Kier alpha value is -1.73. The predicted molar refractivity (Wildman–Crippen MR) is 93.7 cm³/mol. The number of nitrogens with one attached hydrogen (secondary N) is 1. The summed E-state index contributed by atoms with van der Waals surface area (Å²) in [5.74, 6) is 0.763. The van der Waals surface area contributed by atoms with Crippen LogP contribution in [0.3, 0.4) is 0 Å². The van der Waals surface area contributed by atoms with E-state index in [2.05, 4.69) is 20.7 Å². The molecule has 0 heterocycles. The van der Waals surface area contributed by atoms with Gasteiger partial charge in [0, 0.05) is 4.47 Å². The summed E-state index contributed by atoms with van der Waals surface area (Å²) in [7, 11) is -2.38. The van der Waals surface area contributed by atoms with Crippen LogP contribution in [0, 0.1) is 0 Å². The minimum absolute atomic E-state index is 0.0552. The van der Waals surface area contributed by atoms with Gasteiger partial charge in [0.15, 0.2) is 0 Å². The maximum absolute atomic E-state index is 12.7. The fraction of sp³-hybridized carbons (Fsp3) is 0.250. The first-order valence-electron chi connectivity index (χ1n) is 7.06. The lowest BCUT2D eigenvalue weighted by Crippen LogP contribution is -2.15. The van der Waals surface area contributed by atoms with E-state index in [-0.39, 0.29) is 10.6 Å². The van der Waals surface area contributed by atoms with Crippen LogP contribution in [-0.4, -0.2) is 22.1 Å². The molecule has 0 radical (unpaired) electrons. The van der Waals surface area contributed by atoms with Crippen molar-refractivity contribution in [2.24, 2.45) is 0 Å². The third-order valence-electron chi connectivity index (χ3n) is 3.01. The molecule has 0 atom stereocenters. The fourth-order valence-corrected chi connectivity index (χ4v) is 3.73. The van der Waals surface area contributed by atoms with Crippen LogP contribution in [0.15, 0.2) is 51.8 Å². The number of benzene rings is 2. The number of hydrogen-bond donors (Lipinski definition) is 1. The van der Waals surface area contributed by atoms with Crippen LogP contribution in [-0.2, 0) is 10.0 Å². The summed E-state index contributed by atoms with van der Waals surface area (Å²) < 4.78 is 39.3. The molecule has 0 fully saturated rings. The molecule has 0 amide bonds. The summed E-state index contributed by atoms with van der Waals surface area (Å²) in [4.78, 5) is 0.0552. The maximum atomic E-state index is 12.7. The first-order chi connectivity index (χ1) is 11.0. The van der Waals surface area contributed by atoms with Crippen LogP contribution < -0.4 is 14.2 Å².